The molecule has 7 heavy (non-hydrogen) atoms. The molecule has 1 radical (unpaired) electrons. The molecule has 0 saturated heterocycles. The van der Waals surface area contributed by atoms with Crippen molar-refractivity contribution >= 4 is 0 Å². The largest absolute Gasteiger partial charge is 0.295 e. The molecule has 0 amide bonds. The zero-order chi connectivity index (χ0) is 5.70. The lowest BCUT2D eigenvalue weighted by atomic mass is 10.3. The van der Waals surface area contributed by atoms with Gasteiger partial charge < -0.3 is 0 Å². The second-order valence-corrected chi connectivity index (χ2v) is 1.43. The van der Waals surface area contributed by atoms with Crippen LogP contribution in [0.15, 0.2) is 11.8 Å². The molecule has 0 aromatic heterocycles. The molecular formula is C6H11O. The van der Waals surface area contributed by atoms with Gasteiger partial charge in [-0.15, -0.1) is 0 Å². The van der Waals surface area contributed by atoms with Crippen LogP contribution in [0.3, 0.4) is 0 Å². The van der Waals surface area contributed by atoms with E-state index in [0.717, 1.165) is 6.42 Å². The van der Waals surface area contributed by atoms with Gasteiger partial charge in [-0.3, -0.25) is 5.11 Å². The third-order valence-electron chi connectivity index (χ3n) is 0.780. The van der Waals surface area contributed by atoms with Gasteiger partial charge in [-0.25, -0.2) is 0 Å². The van der Waals surface area contributed by atoms with Gasteiger partial charge in [0.25, 0.3) is 0 Å². The number of allylic oxidation sites excluding steroid dienone is 2. The Labute approximate surface area is 44.7 Å². The third kappa shape index (κ3) is 3.37. The number of hydrogen-bond donors (Lipinski definition) is 0. The molecule has 0 aromatic carbocycles. The van der Waals surface area contributed by atoms with Crippen LogP contribution in [-0.2, 0) is 5.11 Å². The van der Waals surface area contributed by atoms with Crippen molar-refractivity contribution in [1.82, 2.24) is 0 Å². The van der Waals surface area contributed by atoms with E-state index in [1.807, 2.05) is 13.8 Å². The summed E-state index contributed by atoms with van der Waals surface area (Å²) in [5.41, 5.74) is 0. The first kappa shape index (κ1) is 6.54. The summed E-state index contributed by atoms with van der Waals surface area (Å²) in [6.45, 7) is 3.84. The van der Waals surface area contributed by atoms with Crippen molar-refractivity contribution in [2.24, 2.45) is 0 Å². The number of hydrogen-bond acceptors (Lipinski definition) is 0. The van der Waals surface area contributed by atoms with Gasteiger partial charge in [0, 0.05) is 6.42 Å². The maximum atomic E-state index is 10.4. The van der Waals surface area contributed by atoms with Gasteiger partial charge in [-0.05, 0) is 12.5 Å². The standard InChI is InChI=1S/C6H11O/c1-3-5-6(7)4-2/h5H,3-4H2,1-2H3/b6-5+. The van der Waals surface area contributed by atoms with Crippen LogP contribution < -0.4 is 0 Å². The van der Waals surface area contributed by atoms with Gasteiger partial charge in [-0.1, -0.05) is 13.8 Å². The van der Waals surface area contributed by atoms with Crippen LogP contribution in [0, 0.1) is 0 Å². The first-order chi connectivity index (χ1) is 3.31. The molecule has 0 spiro atoms. The van der Waals surface area contributed by atoms with Gasteiger partial charge in [0.15, 0.2) is 5.76 Å². The minimum absolute atomic E-state index is 0.252. The van der Waals surface area contributed by atoms with Crippen molar-refractivity contribution in [2.75, 3.05) is 0 Å². The fourth-order valence-corrected chi connectivity index (χ4v) is 0.372. The zero-order valence-electron chi connectivity index (χ0n) is 4.90. The molecule has 0 saturated carbocycles. The molecule has 0 bridgehead atoms. The molecule has 0 unspecified atom stereocenters. The highest BCUT2D eigenvalue weighted by Crippen LogP contribution is 1.95. The van der Waals surface area contributed by atoms with E-state index in [4.69, 9.17) is 0 Å². The summed E-state index contributed by atoms with van der Waals surface area (Å²) in [5.74, 6) is 0.252. The van der Waals surface area contributed by atoms with E-state index in [-0.39, 0.29) is 5.76 Å². The summed E-state index contributed by atoms with van der Waals surface area (Å²) in [7, 11) is 0. The average Bonchev–Trinajstić information content (AvgIpc) is 1.68. The van der Waals surface area contributed by atoms with Gasteiger partial charge in [-0.2, -0.15) is 0 Å². The van der Waals surface area contributed by atoms with Crippen molar-refractivity contribution in [3.05, 3.63) is 11.8 Å². The van der Waals surface area contributed by atoms with Crippen molar-refractivity contribution in [3.63, 3.8) is 0 Å². The molecule has 41 valence electrons. The lowest BCUT2D eigenvalue weighted by Gasteiger charge is -1.82. The fraction of sp³-hybridized carbons (Fsp3) is 0.667. The molecule has 1 heteroatoms. The first-order valence-electron chi connectivity index (χ1n) is 2.67. The van der Waals surface area contributed by atoms with Crippen molar-refractivity contribution in [1.29, 1.82) is 0 Å². The Morgan fingerprint density at radius 3 is 2.29 bits per heavy atom. The van der Waals surface area contributed by atoms with Crippen LogP contribution >= 0.6 is 0 Å². The highest BCUT2D eigenvalue weighted by atomic mass is 16.3. The average molecular weight is 99.2 g/mol. The van der Waals surface area contributed by atoms with Crippen LogP contribution in [0.25, 0.3) is 0 Å². The highest BCUT2D eigenvalue weighted by molar-refractivity contribution is 4.87. The molecule has 0 rings (SSSR count). The molecule has 0 aliphatic rings. The van der Waals surface area contributed by atoms with E-state index < -0.39 is 0 Å². The minimum atomic E-state index is 0.252. The summed E-state index contributed by atoms with van der Waals surface area (Å²) in [4.78, 5) is 0. The Bertz CT molecular complexity index is 64.6. The second-order valence-electron chi connectivity index (χ2n) is 1.43. The molecule has 0 atom stereocenters. The van der Waals surface area contributed by atoms with Gasteiger partial charge >= 0.3 is 0 Å². The summed E-state index contributed by atoms with van der Waals surface area (Å²) in [6.07, 6.45) is 3.22. The Morgan fingerprint density at radius 1 is 1.57 bits per heavy atom. The van der Waals surface area contributed by atoms with Crippen LogP contribution in [0.5, 0.6) is 0 Å². The third-order valence-corrected chi connectivity index (χ3v) is 0.780. The van der Waals surface area contributed by atoms with E-state index >= 15 is 0 Å². The summed E-state index contributed by atoms with van der Waals surface area (Å²) in [5, 5.41) is 10.4. The Kier molecular flexibility index (Phi) is 3.48. The molecule has 0 aliphatic heterocycles. The van der Waals surface area contributed by atoms with Crippen molar-refractivity contribution in [2.45, 2.75) is 26.7 Å². The van der Waals surface area contributed by atoms with Gasteiger partial charge in [0.05, 0.1) is 0 Å². The second kappa shape index (κ2) is 3.72. The topological polar surface area (TPSA) is 19.9 Å². The molecule has 0 heterocycles. The molecule has 0 N–H and O–H groups in total. The summed E-state index contributed by atoms with van der Waals surface area (Å²) < 4.78 is 0. The van der Waals surface area contributed by atoms with E-state index in [2.05, 4.69) is 0 Å². The van der Waals surface area contributed by atoms with Crippen LogP contribution in [0.2, 0.25) is 0 Å². The normalized spacial score (nSPS) is 12.0. The predicted octanol–water partition coefficient (Wildman–Crippen LogP) is 2.12. The Morgan fingerprint density at radius 2 is 2.14 bits per heavy atom. The fourth-order valence-electron chi connectivity index (χ4n) is 0.372. The maximum absolute atomic E-state index is 10.4. The molecule has 0 aromatic rings. The van der Waals surface area contributed by atoms with Gasteiger partial charge in [0.1, 0.15) is 0 Å². The number of rotatable bonds is 2. The molecule has 0 fully saturated rings. The Hall–Kier alpha value is -0.460. The zero-order valence-corrected chi connectivity index (χ0v) is 4.90. The summed E-state index contributed by atoms with van der Waals surface area (Å²) in [6, 6.07) is 0. The highest BCUT2D eigenvalue weighted by Gasteiger charge is 1.84. The van der Waals surface area contributed by atoms with E-state index in [1.165, 1.54) is 0 Å². The summed E-state index contributed by atoms with van der Waals surface area (Å²) >= 11 is 0. The van der Waals surface area contributed by atoms with Crippen molar-refractivity contribution < 1.29 is 5.11 Å². The van der Waals surface area contributed by atoms with Crippen LogP contribution in [-0.4, -0.2) is 0 Å². The first-order valence-corrected chi connectivity index (χ1v) is 2.67. The monoisotopic (exact) mass is 99.1 g/mol. The molecule has 1 nitrogen and oxygen atoms in total. The van der Waals surface area contributed by atoms with E-state index in [9.17, 15) is 5.11 Å². The maximum Gasteiger partial charge on any atom is 0.151 e. The van der Waals surface area contributed by atoms with E-state index in [1.54, 1.807) is 6.08 Å². The van der Waals surface area contributed by atoms with Gasteiger partial charge in [0.2, 0.25) is 0 Å². The van der Waals surface area contributed by atoms with Crippen LogP contribution in [0.4, 0.5) is 0 Å². The molecular weight excluding hydrogens is 88.1 g/mol. The smallest absolute Gasteiger partial charge is 0.151 e. The lowest BCUT2D eigenvalue weighted by molar-refractivity contribution is 0.283. The lowest BCUT2D eigenvalue weighted by Crippen LogP contribution is -1.70. The van der Waals surface area contributed by atoms with Crippen LogP contribution in [0.1, 0.15) is 26.7 Å². The van der Waals surface area contributed by atoms with Crippen molar-refractivity contribution in [3.8, 4) is 0 Å². The predicted molar refractivity (Wildman–Crippen MR) is 29.4 cm³/mol. The minimum Gasteiger partial charge on any atom is -0.295 e. The SMILES string of the molecule is CC/C=C(/[O])CC. The van der Waals surface area contributed by atoms with E-state index in [0.29, 0.717) is 6.42 Å². The quantitative estimate of drug-likeness (QED) is 0.472. The molecule has 0 aliphatic carbocycles. The Balaban J connectivity index is 3.29.